The number of carbonyl (C=O) groups is 1. The first-order valence-corrected chi connectivity index (χ1v) is 9.91. The maximum Gasteiger partial charge on any atom is 0.224 e. The van der Waals surface area contributed by atoms with Gasteiger partial charge < -0.3 is 9.80 Å². The van der Waals surface area contributed by atoms with Gasteiger partial charge in [0.2, 0.25) is 5.91 Å². The number of nitrogens with zero attached hydrogens (tertiary/aromatic N) is 2. The zero-order valence-corrected chi connectivity index (χ0v) is 15.8. The van der Waals surface area contributed by atoms with Gasteiger partial charge in [-0.25, -0.2) is 0 Å². The van der Waals surface area contributed by atoms with Gasteiger partial charge in [-0.15, -0.1) is 22.7 Å². The van der Waals surface area contributed by atoms with E-state index < -0.39 is 0 Å². The van der Waals surface area contributed by atoms with E-state index in [-0.39, 0.29) is 5.91 Å². The molecule has 6 heteroatoms. The summed E-state index contributed by atoms with van der Waals surface area (Å²) in [7, 11) is 2.08. The zero-order valence-electron chi connectivity index (χ0n) is 12.5. The van der Waals surface area contributed by atoms with Gasteiger partial charge in [0, 0.05) is 52.2 Å². The van der Waals surface area contributed by atoms with Crippen molar-refractivity contribution in [3.63, 3.8) is 0 Å². The Bertz CT molecular complexity index is 652. The van der Waals surface area contributed by atoms with Crippen molar-refractivity contribution in [3.05, 3.63) is 42.7 Å². The van der Waals surface area contributed by atoms with E-state index in [2.05, 4.69) is 50.8 Å². The van der Waals surface area contributed by atoms with Crippen LogP contribution in [0.25, 0.3) is 0 Å². The SMILES string of the molecule is CN(CCC(=O)N1CCc2sccc2C1)Cc1cc(Br)cs1. The summed E-state index contributed by atoms with van der Waals surface area (Å²) in [6.45, 7) is 3.37. The Morgan fingerprint density at radius 2 is 2.32 bits per heavy atom. The van der Waals surface area contributed by atoms with Crippen LogP contribution in [0.2, 0.25) is 0 Å². The monoisotopic (exact) mass is 398 g/mol. The summed E-state index contributed by atoms with van der Waals surface area (Å²) >= 11 is 7.04. The maximum absolute atomic E-state index is 12.4. The number of fused-ring (bicyclic) bond motifs is 1. The highest BCUT2D eigenvalue weighted by atomic mass is 79.9. The molecule has 0 spiro atoms. The fourth-order valence-corrected chi connectivity index (χ4v) is 5.11. The summed E-state index contributed by atoms with van der Waals surface area (Å²) in [6, 6.07) is 4.30. The molecule has 3 rings (SSSR count). The molecule has 22 heavy (non-hydrogen) atoms. The molecule has 3 heterocycles. The molecule has 2 aromatic heterocycles. The molecule has 0 saturated heterocycles. The lowest BCUT2D eigenvalue weighted by atomic mass is 10.1. The molecule has 118 valence electrons. The van der Waals surface area contributed by atoms with Crippen LogP contribution in [0.5, 0.6) is 0 Å². The molecule has 1 amide bonds. The van der Waals surface area contributed by atoms with E-state index in [0.29, 0.717) is 6.42 Å². The number of thiophene rings is 2. The Kier molecular flexibility index (Phi) is 5.33. The Labute approximate surface area is 147 Å². The van der Waals surface area contributed by atoms with Gasteiger partial charge >= 0.3 is 0 Å². The number of carbonyl (C=O) groups excluding carboxylic acids is 1. The van der Waals surface area contributed by atoms with E-state index in [1.54, 1.807) is 11.3 Å². The second-order valence-electron chi connectivity index (χ2n) is 5.65. The van der Waals surface area contributed by atoms with Crippen LogP contribution < -0.4 is 0 Å². The number of halogens is 1. The molecule has 0 aromatic carbocycles. The van der Waals surface area contributed by atoms with Gasteiger partial charge in [-0.3, -0.25) is 4.79 Å². The van der Waals surface area contributed by atoms with Crippen molar-refractivity contribution in [2.45, 2.75) is 25.9 Å². The third-order valence-corrected chi connectivity index (χ3v) is 6.62. The molecule has 0 saturated carbocycles. The summed E-state index contributed by atoms with van der Waals surface area (Å²) in [5.41, 5.74) is 1.33. The van der Waals surface area contributed by atoms with Crippen molar-refractivity contribution in [2.75, 3.05) is 20.1 Å². The van der Waals surface area contributed by atoms with Crippen molar-refractivity contribution in [1.82, 2.24) is 9.80 Å². The highest BCUT2D eigenvalue weighted by molar-refractivity contribution is 9.10. The van der Waals surface area contributed by atoms with E-state index >= 15 is 0 Å². The van der Waals surface area contributed by atoms with E-state index in [1.807, 2.05) is 16.2 Å². The lowest BCUT2D eigenvalue weighted by molar-refractivity contribution is -0.132. The van der Waals surface area contributed by atoms with Crippen LogP contribution >= 0.6 is 38.6 Å². The summed E-state index contributed by atoms with van der Waals surface area (Å²) < 4.78 is 1.14. The van der Waals surface area contributed by atoms with Crippen LogP contribution in [0.3, 0.4) is 0 Å². The third kappa shape index (κ3) is 3.98. The lowest BCUT2D eigenvalue weighted by Gasteiger charge is -2.27. The number of rotatable bonds is 5. The highest BCUT2D eigenvalue weighted by Crippen LogP contribution is 2.24. The minimum absolute atomic E-state index is 0.274. The third-order valence-electron chi connectivity index (χ3n) is 3.92. The van der Waals surface area contributed by atoms with E-state index in [9.17, 15) is 4.79 Å². The van der Waals surface area contributed by atoms with E-state index in [1.165, 1.54) is 15.3 Å². The Morgan fingerprint density at radius 1 is 1.45 bits per heavy atom. The van der Waals surface area contributed by atoms with Crippen molar-refractivity contribution < 1.29 is 4.79 Å². The summed E-state index contributed by atoms with van der Waals surface area (Å²) in [5, 5.41) is 4.23. The molecular weight excluding hydrogens is 380 g/mol. The molecule has 0 unspecified atom stereocenters. The zero-order chi connectivity index (χ0) is 15.5. The molecule has 3 nitrogen and oxygen atoms in total. The molecule has 0 aliphatic carbocycles. The van der Waals surface area contributed by atoms with Crippen molar-refractivity contribution >= 4 is 44.5 Å². The van der Waals surface area contributed by atoms with Crippen LogP contribution in [0, 0.1) is 0 Å². The summed E-state index contributed by atoms with van der Waals surface area (Å²) in [4.78, 5) is 19.4. The first-order chi connectivity index (χ1) is 10.6. The van der Waals surface area contributed by atoms with Crippen LogP contribution in [-0.4, -0.2) is 35.8 Å². The molecule has 1 aliphatic heterocycles. The standard InChI is InChI=1S/C16H19BrN2OS2/c1-18(10-14-8-13(17)11-22-14)5-3-16(20)19-6-2-15-12(9-19)4-7-21-15/h4,7-8,11H,2-3,5-6,9-10H2,1H3. The first-order valence-electron chi connectivity index (χ1n) is 7.36. The number of hydrogen-bond donors (Lipinski definition) is 0. The Balaban J connectivity index is 1.46. The van der Waals surface area contributed by atoms with Gasteiger partial charge in [-0.1, -0.05) is 0 Å². The number of hydrogen-bond acceptors (Lipinski definition) is 4. The molecule has 0 bridgehead atoms. The van der Waals surface area contributed by atoms with E-state index in [4.69, 9.17) is 0 Å². The summed E-state index contributed by atoms with van der Waals surface area (Å²) in [5.74, 6) is 0.274. The summed E-state index contributed by atoms with van der Waals surface area (Å²) in [6.07, 6.45) is 1.61. The molecule has 0 atom stereocenters. The normalized spacial score (nSPS) is 14.4. The van der Waals surface area contributed by atoms with Gasteiger partial charge in [0.1, 0.15) is 0 Å². The van der Waals surface area contributed by atoms with Crippen molar-refractivity contribution in [3.8, 4) is 0 Å². The second kappa shape index (κ2) is 7.25. The fraction of sp³-hybridized carbons (Fsp3) is 0.438. The van der Waals surface area contributed by atoms with Crippen LogP contribution in [-0.2, 0) is 24.3 Å². The Morgan fingerprint density at radius 3 is 3.09 bits per heavy atom. The van der Waals surface area contributed by atoms with Gasteiger partial charge in [-0.05, 0) is 52.5 Å². The molecule has 0 N–H and O–H groups in total. The minimum Gasteiger partial charge on any atom is -0.338 e. The molecule has 0 fully saturated rings. The Hall–Kier alpha value is -0.690. The predicted molar refractivity (Wildman–Crippen MR) is 96.4 cm³/mol. The van der Waals surface area contributed by atoms with Crippen LogP contribution in [0.15, 0.2) is 27.4 Å². The fourth-order valence-electron chi connectivity index (χ4n) is 2.69. The average molecular weight is 399 g/mol. The lowest BCUT2D eigenvalue weighted by Crippen LogP contribution is -2.37. The largest absolute Gasteiger partial charge is 0.338 e. The predicted octanol–water partition coefficient (Wildman–Crippen LogP) is 3.98. The number of amides is 1. The van der Waals surface area contributed by atoms with Gasteiger partial charge in [-0.2, -0.15) is 0 Å². The van der Waals surface area contributed by atoms with Gasteiger partial charge in [0.15, 0.2) is 0 Å². The molecular formula is C16H19BrN2OS2. The van der Waals surface area contributed by atoms with Crippen LogP contribution in [0.4, 0.5) is 0 Å². The van der Waals surface area contributed by atoms with Crippen LogP contribution in [0.1, 0.15) is 21.7 Å². The smallest absolute Gasteiger partial charge is 0.224 e. The quantitative estimate of drug-likeness (QED) is 0.760. The molecule has 0 radical (unpaired) electrons. The average Bonchev–Trinajstić information content (AvgIpc) is 3.12. The van der Waals surface area contributed by atoms with Gasteiger partial charge in [0.25, 0.3) is 0 Å². The second-order valence-corrected chi connectivity index (χ2v) is 8.57. The molecule has 1 aliphatic rings. The van der Waals surface area contributed by atoms with Gasteiger partial charge in [0.05, 0.1) is 0 Å². The highest BCUT2D eigenvalue weighted by Gasteiger charge is 2.21. The minimum atomic E-state index is 0.274. The van der Waals surface area contributed by atoms with Crippen molar-refractivity contribution in [2.24, 2.45) is 0 Å². The maximum atomic E-state index is 12.4. The van der Waals surface area contributed by atoms with Crippen molar-refractivity contribution in [1.29, 1.82) is 0 Å². The topological polar surface area (TPSA) is 23.6 Å². The first kappa shape index (κ1) is 16.2. The molecule has 2 aromatic rings. The van der Waals surface area contributed by atoms with E-state index in [0.717, 1.165) is 37.1 Å².